The smallest absolute Gasteiger partial charge is 0.392 e. The molecule has 1 aromatic heterocycles. The first-order valence-electron chi connectivity index (χ1n) is 8.78. The molecule has 1 N–H and O–H groups in total. The van der Waals surface area contributed by atoms with E-state index in [1.165, 1.54) is 6.07 Å². The second kappa shape index (κ2) is 8.38. The van der Waals surface area contributed by atoms with Crippen molar-refractivity contribution in [3.63, 3.8) is 0 Å². The van der Waals surface area contributed by atoms with Gasteiger partial charge < -0.3 is 14.3 Å². The van der Waals surface area contributed by atoms with Gasteiger partial charge in [0.2, 0.25) is 0 Å². The molecule has 0 aliphatic rings. The van der Waals surface area contributed by atoms with Crippen molar-refractivity contribution in [3.8, 4) is 5.75 Å². The van der Waals surface area contributed by atoms with Crippen molar-refractivity contribution in [2.24, 2.45) is 0 Å². The number of benzene rings is 2. The molecule has 0 saturated heterocycles. The molecule has 1 heterocycles. The van der Waals surface area contributed by atoms with Crippen LogP contribution in [0.1, 0.15) is 29.9 Å². The van der Waals surface area contributed by atoms with Crippen LogP contribution in [0.25, 0.3) is 11.0 Å². The highest BCUT2D eigenvalue weighted by molar-refractivity contribution is 5.84. The van der Waals surface area contributed by atoms with Crippen LogP contribution in [0, 0.1) is 0 Å². The van der Waals surface area contributed by atoms with Gasteiger partial charge in [-0.25, -0.2) is 4.79 Å². The van der Waals surface area contributed by atoms with E-state index in [0.29, 0.717) is 5.56 Å². The first-order valence-corrected chi connectivity index (χ1v) is 8.78. The zero-order valence-electron chi connectivity index (χ0n) is 15.1. The molecule has 1 unspecified atom stereocenters. The zero-order valence-corrected chi connectivity index (χ0v) is 15.1. The molecule has 0 saturated carbocycles. The summed E-state index contributed by atoms with van der Waals surface area (Å²) < 4.78 is 46.8. The molecule has 152 valence electrons. The van der Waals surface area contributed by atoms with Crippen molar-refractivity contribution in [1.82, 2.24) is 0 Å². The molecule has 2 aromatic carbocycles. The maximum absolute atomic E-state index is 12.6. The quantitative estimate of drug-likeness (QED) is 0.481. The number of aromatic hydroxyl groups is 1. The van der Waals surface area contributed by atoms with Gasteiger partial charge in [-0.3, -0.25) is 4.79 Å². The predicted molar refractivity (Wildman–Crippen MR) is 98.7 cm³/mol. The van der Waals surface area contributed by atoms with Gasteiger partial charge in [0.25, 0.3) is 0 Å². The Bertz CT molecular complexity index is 1060. The summed E-state index contributed by atoms with van der Waals surface area (Å²) in [6, 6.07) is 14.7. The van der Waals surface area contributed by atoms with Crippen LogP contribution in [0.5, 0.6) is 5.75 Å². The van der Waals surface area contributed by atoms with Crippen molar-refractivity contribution in [1.29, 1.82) is 0 Å². The normalized spacial score (nSPS) is 12.7. The molecule has 0 spiro atoms. The number of hydrogen-bond donors (Lipinski definition) is 1. The van der Waals surface area contributed by atoms with Gasteiger partial charge in [-0.15, -0.1) is 0 Å². The highest BCUT2D eigenvalue weighted by Crippen LogP contribution is 2.36. The molecular formula is C21H17F3O5. The molecular weight excluding hydrogens is 389 g/mol. The number of halogens is 3. The Hall–Kier alpha value is -3.29. The van der Waals surface area contributed by atoms with Crippen LogP contribution in [-0.4, -0.2) is 23.9 Å². The minimum atomic E-state index is -4.45. The number of carbonyl (C=O) groups excluding carboxylic acids is 1. The third-order valence-electron chi connectivity index (χ3n) is 4.39. The molecule has 1 atom stereocenters. The number of alkyl halides is 3. The van der Waals surface area contributed by atoms with E-state index in [4.69, 9.17) is 4.42 Å². The van der Waals surface area contributed by atoms with Gasteiger partial charge in [0, 0.05) is 5.92 Å². The number of carbonyl (C=O) groups is 1. The minimum absolute atomic E-state index is 0.150. The monoisotopic (exact) mass is 406 g/mol. The van der Waals surface area contributed by atoms with Crippen LogP contribution >= 0.6 is 0 Å². The third kappa shape index (κ3) is 4.96. The maximum Gasteiger partial charge on any atom is 0.392 e. The highest BCUT2D eigenvalue weighted by Gasteiger charge is 2.30. The van der Waals surface area contributed by atoms with Crippen molar-refractivity contribution in [2.45, 2.75) is 24.9 Å². The number of hydrogen-bond acceptors (Lipinski definition) is 5. The fourth-order valence-corrected chi connectivity index (χ4v) is 3.03. The van der Waals surface area contributed by atoms with Crippen LogP contribution in [0.15, 0.2) is 63.8 Å². The number of esters is 1. The summed E-state index contributed by atoms with van der Waals surface area (Å²) in [5, 5.41) is 11.0. The van der Waals surface area contributed by atoms with E-state index < -0.39 is 43.1 Å². The van der Waals surface area contributed by atoms with E-state index in [-0.39, 0.29) is 22.3 Å². The predicted octanol–water partition coefficient (Wildman–Crippen LogP) is 4.52. The van der Waals surface area contributed by atoms with Crippen LogP contribution in [0.2, 0.25) is 0 Å². The number of para-hydroxylation sites is 1. The number of fused-ring (bicyclic) bond motifs is 1. The van der Waals surface area contributed by atoms with E-state index in [1.807, 2.05) is 0 Å². The molecule has 3 rings (SSSR count). The van der Waals surface area contributed by atoms with Crippen LogP contribution < -0.4 is 5.63 Å². The lowest BCUT2D eigenvalue weighted by Crippen LogP contribution is -2.20. The van der Waals surface area contributed by atoms with E-state index in [2.05, 4.69) is 4.74 Å². The Labute approximate surface area is 163 Å². The fraction of sp³-hybridized carbons (Fsp3) is 0.238. The van der Waals surface area contributed by atoms with Gasteiger partial charge in [-0.2, -0.15) is 13.2 Å². The topological polar surface area (TPSA) is 76.7 Å². The van der Waals surface area contributed by atoms with Crippen LogP contribution in [0.3, 0.4) is 0 Å². The second-order valence-corrected chi connectivity index (χ2v) is 6.40. The van der Waals surface area contributed by atoms with E-state index in [1.54, 1.807) is 48.5 Å². The maximum atomic E-state index is 12.6. The van der Waals surface area contributed by atoms with Crippen LogP contribution in [0.4, 0.5) is 13.2 Å². The largest absolute Gasteiger partial charge is 0.507 e. The van der Waals surface area contributed by atoms with Crippen molar-refractivity contribution < 1.29 is 32.2 Å². The Kier molecular flexibility index (Phi) is 5.91. The molecule has 0 aliphatic heterocycles. The Morgan fingerprint density at radius 3 is 2.41 bits per heavy atom. The summed E-state index contributed by atoms with van der Waals surface area (Å²) >= 11 is 0. The average molecular weight is 406 g/mol. The minimum Gasteiger partial charge on any atom is -0.507 e. The molecule has 5 nitrogen and oxygen atoms in total. The van der Waals surface area contributed by atoms with Crippen molar-refractivity contribution in [3.05, 3.63) is 76.1 Å². The molecule has 3 aromatic rings. The molecule has 0 amide bonds. The van der Waals surface area contributed by atoms with E-state index in [0.717, 1.165) is 0 Å². The fourth-order valence-electron chi connectivity index (χ4n) is 3.03. The molecule has 0 fully saturated rings. The summed E-state index contributed by atoms with van der Waals surface area (Å²) in [6.07, 6.45) is -6.15. The lowest BCUT2D eigenvalue weighted by atomic mass is 9.88. The van der Waals surface area contributed by atoms with E-state index >= 15 is 0 Å². The summed E-state index contributed by atoms with van der Waals surface area (Å²) in [5.41, 5.74) is -0.294. The SMILES string of the molecule is O=C(CC(c1ccccc1)c1c(O)c2ccccc2oc1=O)OCCC(F)(F)F. The van der Waals surface area contributed by atoms with Crippen LogP contribution in [-0.2, 0) is 9.53 Å². The van der Waals surface area contributed by atoms with Gasteiger partial charge in [0.15, 0.2) is 0 Å². The summed E-state index contributed by atoms with van der Waals surface area (Å²) in [5.74, 6) is -2.21. The standard InChI is InChI=1S/C21H17F3O5/c22-21(23,24)10-11-28-17(25)12-15(13-6-2-1-3-7-13)18-19(26)14-8-4-5-9-16(14)29-20(18)27/h1-9,15,26H,10-12H2. The molecule has 8 heteroatoms. The van der Waals surface area contributed by atoms with Gasteiger partial charge in [-0.05, 0) is 17.7 Å². The summed E-state index contributed by atoms with van der Waals surface area (Å²) in [6.45, 7) is -0.817. The van der Waals surface area contributed by atoms with Gasteiger partial charge in [0.1, 0.15) is 11.3 Å². The van der Waals surface area contributed by atoms with E-state index in [9.17, 15) is 27.9 Å². The first-order chi connectivity index (χ1) is 13.8. The molecule has 0 bridgehead atoms. The average Bonchev–Trinajstić information content (AvgIpc) is 2.67. The Morgan fingerprint density at radius 1 is 1.07 bits per heavy atom. The second-order valence-electron chi connectivity index (χ2n) is 6.40. The molecule has 29 heavy (non-hydrogen) atoms. The lowest BCUT2D eigenvalue weighted by molar-refractivity contribution is -0.159. The first kappa shape index (κ1) is 20.4. The van der Waals surface area contributed by atoms with Crippen molar-refractivity contribution >= 4 is 16.9 Å². The van der Waals surface area contributed by atoms with Gasteiger partial charge in [0.05, 0.1) is 30.4 Å². The van der Waals surface area contributed by atoms with Crippen molar-refractivity contribution in [2.75, 3.05) is 6.61 Å². The van der Waals surface area contributed by atoms with Gasteiger partial charge in [-0.1, -0.05) is 42.5 Å². The highest BCUT2D eigenvalue weighted by atomic mass is 19.4. The Balaban J connectivity index is 1.96. The third-order valence-corrected chi connectivity index (χ3v) is 4.39. The summed E-state index contributed by atoms with van der Waals surface area (Å²) in [4.78, 5) is 24.7. The summed E-state index contributed by atoms with van der Waals surface area (Å²) in [7, 11) is 0. The zero-order chi connectivity index (χ0) is 21.0. The Morgan fingerprint density at radius 2 is 1.72 bits per heavy atom. The molecule has 0 radical (unpaired) electrons. The number of rotatable bonds is 6. The van der Waals surface area contributed by atoms with Gasteiger partial charge >= 0.3 is 17.8 Å². The molecule has 0 aliphatic carbocycles. The lowest BCUT2D eigenvalue weighted by Gasteiger charge is -2.18. The number of ether oxygens (including phenoxy) is 1.